The van der Waals surface area contributed by atoms with Crippen LogP contribution >= 0.6 is 0 Å². The Bertz CT molecular complexity index is 1610. The van der Waals surface area contributed by atoms with Crippen molar-refractivity contribution in [1.29, 1.82) is 0 Å². The number of rotatable bonds is 1. The van der Waals surface area contributed by atoms with Crippen molar-refractivity contribution in [3.8, 4) is 0 Å². The Morgan fingerprint density at radius 2 is 1.60 bits per heavy atom. The number of benzene rings is 3. The first-order chi connectivity index (χ1) is 14.3. The standard InChI is InChI=1S/C28H27N2/c1-17-10-12-21-20-8-6-7-9-22(20)30-23-13-11-18(16-28(2,3)4)19-14-15-29(5)27(25(19)23)24(17)26(21)30/h6-15H,16H2,1-5H3/q+1. The van der Waals surface area contributed by atoms with Gasteiger partial charge in [-0.05, 0) is 47.4 Å². The maximum Gasteiger partial charge on any atom is 0.224 e. The van der Waals surface area contributed by atoms with Crippen molar-refractivity contribution in [2.75, 3.05) is 0 Å². The minimum absolute atomic E-state index is 0.248. The molecule has 0 atom stereocenters. The molecule has 0 bridgehead atoms. The van der Waals surface area contributed by atoms with Crippen molar-refractivity contribution in [2.45, 2.75) is 34.1 Å². The van der Waals surface area contributed by atoms with E-state index in [1.54, 1.807) is 0 Å². The highest BCUT2D eigenvalue weighted by Gasteiger charge is 2.25. The fraction of sp³-hybridized carbons (Fsp3) is 0.250. The van der Waals surface area contributed by atoms with Crippen LogP contribution in [0.1, 0.15) is 31.9 Å². The summed E-state index contributed by atoms with van der Waals surface area (Å²) in [5.41, 5.74) is 8.30. The second kappa shape index (κ2) is 5.72. The molecule has 2 nitrogen and oxygen atoms in total. The van der Waals surface area contributed by atoms with E-state index in [2.05, 4.69) is 105 Å². The average Bonchev–Trinajstić information content (AvgIpc) is 3.03. The normalized spacial score (nSPS) is 13.0. The molecular weight excluding hydrogens is 364 g/mol. The first kappa shape index (κ1) is 17.7. The van der Waals surface area contributed by atoms with Crippen molar-refractivity contribution >= 4 is 49.0 Å². The maximum atomic E-state index is 2.50. The predicted octanol–water partition coefficient (Wildman–Crippen LogP) is 6.71. The summed E-state index contributed by atoms with van der Waals surface area (Å²) in [6.45, 7) is 9.22. The molecule has 2 heteroatoms. The maximum absolute atomic E-state index is 2.50. The van der Waals surface area contributed by atoms with Crippen LogP contribution in [0.15, 0.2) is 60.8 Å². The number of hydrogen-bond donors (Lipinski definition) is 0. The molecular formula is C28H27N2+. The molecule has 0 amide bonds. The van der Waals surface area contributed by atoms with Crippen molar-refractivity contribution in [3.63, 3.8) is 0 Å². The molecule has 0 unspecified atom stereocenters. The smallest absolute Gasteiger partial charge is 0.224 e. The van der Waals surface area contributed by atoms with Crippen LogP contribution in [0.2, 0.25) is 0 Å². The first-order valence-corrected chi connectivity index (χ1v) is 10.8. The van der Waals surface area contributed by atoms with E-state index in [9.17, 15) is 0 Å². The fourth-order valence-corrected chi connectivity index (χ4v) is 5.45. The van der Waals surface area contributed by atoms with Gasteiger partial charge in [0.1, 0.15) is 7.05 Å². The highest BCUT2D eigenvalue weighted by molar-refractivity contribution is 6.26. The van der Waals surface area contributed by atoms with Crippen molar-refractivity contribution in [1.82, 2.24) is 4.40 Å². The molecule has 0 radical (unpaired) electrons. The van der Waals surface area contributed by atoms with Gasteiger partial charge in [0.2, 0.25) is 5.52 Å². The van der Waals surface area contributed by atoms with E-state index in [0.29, 0.717) is 0 Å². The first-order valence-electron chi connectivity index (χ1n) is 10.8. The van der Waals surface area contributed by atoms with Gasteiger partial charge in [-0.15, -0.1) is 0 Å². The van der Waals surface area contributed by atoms with Gasteiger partial charge in [0.05, 0.1) is 27.3 Å². The van der Waals surface area contributed by atoms with Crippen LogP contribution in [-0.4, -0.2) is 4.40 Å². The number of fused-ring (bicyclic) bond motifs is 5. The van der Waals surface area contributed by atoms with Crippen LogP contribution in [0.3, 0.4) is 0 Å². The van der Waals surface area contributed by atoms with Crippen LogP contribution in [0.25, 0.3) is 49.0 Å². The van der Waals surface area contributed by atoms with Crippen LogP contribution < -0.4 is 4.57 Å². The van der Waals surface area contributed by atoms with Gasteiger partial charge < -0.3 is 4.40 Å². The van der Waals surface area contributed by atoms with Gasteiger partial charge >= 0.3 is 0 Å². The summed E-state index contributed by atoms with van der Waals surface area (Å²) in [5, 5.41) is 6.81. The van der Waals surface area contributed by atoms with Crippen LogP contribution in [0.4, 0.5) is 0 Å². The fourth-order valence-electron chi connectivity index (χ4n) is 5.45. The Kier molecular flexibility index (Phi) is 3.38. The number of pyridine rings is 2. The van der Waals surface area contributed by atoms with E-state index in [1.165, 1.54) is 60.1 Å². The summed E-state index contributed by atoms with van der Waals surface area (Å²) in [7, 11) is 2.19. The largest absolute Gasteiger partial charge is 0.307 e. The molecule has 0 saturated heterocycles. The lowest BCUT2D eigenvalue weighted by Crippen LogP contribution is -2.29. The topological polar surface area (TPSA) is 8.29 Å². The molecule has 0 spiro atoms. The summed E-state index contributed by atoms with van der Waals surface area (Å²) < 4.78 is 4.82. The van der Waals surface area contributed by atoms with Gasteiger partial charge in [-0.25, -0.2) is 4.57 Å². The molecule has 0 saturated carbocycles. The molecule has 3 aromatic carbocycles. The third-order valence-corrected chi connectivity index (χ3v) is 6.61. The zero-order valence-electron chi connectivity index (χ0n) is 18.4. The Morgan fingerprint density at radius 1 is 0.800 bits per heavy atom. The van der Waals surface area contributed by atoms with E-state index >= 15 is 0 Å². The molecule has 0 aliphatic rings. The van der Waals surface area contributed by atoms with Gasteiger partial charge in [-0.1, -0.05) is 57.2 Å². The zero-order chi connectivity index (χ0) is 20.8. The molecule has 6 rings (SSSR count). The van der Waals surface area contributed by atoms with Crippen LogP contribution in [-0.2, 0) is 13.5 Å². The summed E-state index contributed by atoms with van der Waals surface area (Å²) in [5.74, 6) is 0. The summed E-state index contributed by atoms with van der Waals surface area (Å²) in [6, 6.07) is 20.4. The summed E-state index contributed by atoms with van der Waals surface area (Å²) >= 11 is 0. The van der Waals surface area contributed by atoms with E-state index < -0.39 is 0 Å². The predicted molar refractivity (Wildman–Crippen MR) is 128 cm³/mol. The average molecular weight is 392 g/mol. The lowest BCUT2D eigenvalue weighted by molar-refractivity contribution is -0.643. The molecule has 0 aliphatic heterocycles. The molecule has 30 heavy (non-hydrogen) atoms. The van der Waals surface area contributed by atoms with E-state index in [-0.39, 0.29) is 5.41 Å². The van der Waals surface area contributed by atoms with Gasteiger partial charge in [-0.2, -0.15) is 0 Å². The minimum Gasteiger partial charge on any atom is -0.307 e. The molecule has 0 aliphatic carbocycles. The monoisotopic (exact) mass is 391 g/mol. The molecule has 6 aromatic rings. The minimum atomic E-state index is 0.248. The Morgan fingerprint density at radius 3 is 2.40 bits per heavy atom. The Balaban J connectivity index is 1.97. The van der Waals surface area contributed by atoms with Crippen LogP contribution in [0, 0.1) is 12.3 Å². The van der Waals surface area contributed by atoms with Crippen molar-refractivity contribution in [2.24, 2.45) is 12.5 Å². The van der Waals surface area contributed by atoms with E-state index in [1.807, 2.05) is 0 Å². The second-order valence-electron chi connectivity index (χ2n) is 10.1. The highest BCUT2D eigenvalue weighted by Crippen LogP contribution is 2.41. The molecule has 0 fully saturated rings. The number of aromatic nitrogens is 2. The second-order valence-corrected chi connectivity index (χ2v) is 10.1. The van der Waals surface area contributed by atoms with Crippen molar-refractivity contribution < 1.29 is 4.57 Å². The van der Waals surface area contributed by atoms with Crippen molar-refractivity contribution in [3.05, 3.63) is 71.9 Å². The Hall–Kier alpha value is -3.13. The molecule has 0 N–H and O–H groups in total. The van der Waals surface area contributed by atoms with Gasteiger partial charge in [0, 0.05) is 16.8 Å². The SMILES string of the molecule is Cc1ccc2c3ccccc3n3c4ccc(CC(C)(C)C)c5cc[n+](C)c(c1c23)c54. The van der Waals surface area contributed by atoms with E-state index in [4.69, 9.17) is 0 Å². The molecule has 3 aromatic heterocycles. The summed E-state index contributed by atoms with van der Waals surface area (Å²) in [4.78, 5) is 0. The number of nitrogens with zero attached hydrogens (tertiary/aromatic N) is 2. The van der Waals surface area contributed by atoms with Crippen LogP contribution in [0.5, 0.6) is 0 Å². The number of para-hydroxylation sites is 1. The molecule has 148 valence electrons. The lowest BCUT2D eigenvalue weighted by Gasteiger charge is -2.20. The third-order valence-electron chi connectivity index (χ3n) is 6.61. The van der Waals surface area contributed by atoms with Gasteiger partial charge in [0.15, 0.2) is 6.20 Å². The van der Waals surface area contributed by atoms with Gasteiger partial charge in [0.25, 0.3) is 0 Å². The number of hydrogen-bond acceptors (Lipinski definition) is 0. The summed E-state index contributed by atoms with van der Waals surface area (Å²) in [6.07, 6.45) is 3.31. The van der Waals surface area contributed by atoms with E-state index in [0.717, 1.165) is 6.42 Å². The third kappa shape index (κ3) is 2.22. The van der Waals surface area contributed by atoms with Gasteiger partial charge in [-0.3, -0.25) is 0 Å². The zero-order valence-corrected chi connectivity index (χ0v) is 18.4. The highest BCUT2D eigenvalue weighted by atomic mass is 15.0. The molecule has 3 heterocycles. The quantitative estimate of drug-likeness (QED) is 0.167. The Labute approximate surface area is 176 Å². The number of aryl methyl sites for hydroxylation is 2. The lowest BCUT2D eigenvalue weighted by atomic mass is 9.85.